The molecule has 0 saturated carbocycles. The number of alkyl halides is 3. The summed E-state index contributed by atoms with van der Waals surface area (Å²) in [6.07, 6.45) is -2.88. The van der Waals surface area contributed by atoms with Gasteiger partial charge in [-0.25, -0.2) is 0 Å². The molecule has 0 amide bonds. The van der Waals surface area contributed by atoms with Gasteiger partial charge >= 0.3 is 6.18 Å². The molecule has 0 bridgehead atoms. The Morgan fingerprint density at radius 3 is 2.56 bits per heavy atom. The number of pyridine rings is 1. The number of aromatic amines is 2. The minimum Gasteiger partial charge on any atom is -0.356 e. The highest BCUT2D eigenvalue weighted by molar-refractivity contribution is 6.10. The smallest absolute Gasteiger partial charge is 0.356 e. The summed E-state index contributed by atoms with van der Waals surface area (Å²) in [6.45, 7) is 0. The van der Waals surface area contributed by atoms with Gasteiger partial charge in [-0.05, 0) is 6.07 Å². The maximum Gasteiger partial charge on any atom is 0.454 e. The largest absolute Gasteiger partial charge is 0.454 e. The quantitative estimate of drug-likeness (QED) is 0.731. The molecule has 2 aromatic rings. The molecule has 0 unspecified atom stereocenters. The molecule has 0 aliphatic heterocycles. The number of fused-ring (bicyclic) bond motifs is 1. The maximum absolute atomic E-state index is 12.2. The number of carbonyl (C=O) groups excluding carboxylic acids is 1. The average Bonchev–Trinajstić information content (AvgIpc) is 2.60. The standard InChI is InChI=1S/C9H5F3N2O2/c10-9(11,12)7(15)5-3-14-6-4(5)1-2-13-8(6)16/h1-3,14H,(H,13,16). The number of aromatic nitrogens is 2. The number of ketones is 1. The normalized spacial score (nSPS) is 11.9. The van der Waals surface area contributed by atoms with Gasteiger partial charge in [0, 0.05) is 17.8 Å². The number of rotatable bonds is 1. The minimum atomic E-state index is -4.95. The fourth-order valence-electron chi connectivity index (χ4n) is 1.41. The van der Waals surface area contributed by atoms with Crippen molar-refractivity contribution in [2.45, 2.75) is 6.18 Å². The zero-order valence-electron chi connectivity index (χ0n) is 7.68. The molecule has 16 heavy (non-hydrogen) atoms. The molecular weight excluding hydrogens is 225 g/mol. The van der Waals surface area contributed by atoms with Crippen LogP contribution in [0.15, 0.2) is 23.3 Å². The first-order valence-corrected chi connectivity index (χ1v) is 4.21. The van der Waals surface area contributed by atoms with Crippen LogP contribution >= 0.6 is 0 Å². The van der Waals surface area contributed by atoms with E-state index < -0.39 is 23.1 Å². The molecule has 7 heteroatoms. The third kappa shape index (κ3) is 1.50. The second-order valence-corrected chi connectivity index (χ2v) is 3.12. The van der Waals surface area contributed by atoms with Gasteiger partial charge in [0.05, 0.1) is 5.56 Å². The number of carbonyl (C=O) groups is 1. The van der Waals surface area contributed by atoms with E-state index in [4.69, 9.17) is 0 Å². The van der Waals surface area contributed by atoms with Gasteiger partial charge in [-0.1, -0.05) is 0 Å². The Hall–Kier alpha value is -2.05. The molecule has 0 aliphatic carbocycles. The summed E-state index contributed by atoms with van der Waals surface area (Å²) in [5, 5.41) is -0.0360. The summed E-state index contributed by atoms with van der Waals surface area (Å²) in [5.41, 5.74) is -1.16. The highest BCUT2D eigenvalue weighted by atomic mass is 19.4. The van der Waals surface area contributed by atoms with Crippen LogP contribution in [0.2, 0.25) is 0 Å². The van der Waals surface area contributed by atoms with Crippen molar-refractivity contribution in [3.63, 3.8) is 0 Å². The molecule has 0 radical (unpaired) electrons. The van der Waals surface area contributed by atoms with Crippen molar-refractivity contribution in [1.82, 2.24) is 9.97 Å². The molecule has 0 saturated heterocycles. The van der Waals surface area contributed by atoms with Crippen LogP contribution in [-0.4, -0.2) is 21.9 Å². The van der Waals surface area contributed by atoms with Crippen molar-refractivity contribution in [1.29, 1.82) is 0 Å². The molecule has 0 fully saturated rings. The van der Waals surface area contributed by atoms with Gasteiger partial charge in [0.2, 0.25) is 0 Å². The predicted octanol–water partition coefficient (Wildman–Crippen LogP) is 1.60. The van der Waals surface area contributed by atoms with Crippen molar-refractivity contribution in [3.05, 3.63) is 34.4 Å². The van der Waals surface area contributed by atoms with E-state index in [2.05, 4.69) is 9.97 Å². The summed E-state index contributed by atoms with van der Waals surface area (Å²) in [6, 6.07) is 1.24. The average molecular weight is 230 g/mol. The molecule has 0 aliphatic rings. The van der Waals surface area contributed by atoms with Crippen molar-refractivity contribution in [2.24, 2.45) is 0 Å². The number of nitrogens with one attached hydrogen (secondary N) is 2. The van der Waals surface area contributed by atoms with Gasteiger partial charge in [0.1, 0.15) is 5.52 Å². The minimum absolute atomic E-state index is 0.0360. The number of hydrogen-bond donors (Lipinski definition) is 2. The molecule has 2 N–H and O–H groups in total. The van der Waals surface area contributed by atoms with Crippen LogP contribution in [0.3, 0.4) is 0 Å². The fourth-order valence-corrected chi connectivity index (χ4v) is 1.41. The van der Waals surface area contributed by atoms with Crippen LogP contribution in [0.5, 0.6) is 0 Å². The molecule has 2 aromatic heterocycles. The predicted molar refractivity (Wildman–Crippen MR) is 49.3 cm³/mol. The lowest BCUT2D eigenvalue weighted by molar-refractivity contribution is -0.0884. The SMILES string of the molecule is O=C(c1c[nH]c2c(=O)[nH]ccc12)C(F)(F)F. The number of H-pyrrole nitrogens is 2. The first-order chi connectivity index (χ1) is 7.41. The Bertz CT molecular complexity index is 609. The van der Waals surface area contributed by atoms with Crippen LogP contribution in [0.1, 0.15) is 10.4 Å². The van der Waals surface area contributed by atoms with Gasteiger partial charge in [0.25, 0.3) is 11.3 Å². The molecular formula is C9H5F3N2O2. The Morgan fingerprint density at radius 2 is 1.94 bits per heavy atom. The Labute approximate surface area is 86.1 Å². The first-order valence-electron chi connectivity index (χ1n) is 4.21. The summed E-state index contributed by atoms with van der Waals surface area (Å²) < 4.78 is 36.6. The second-order valence-electron chi connectivity index (χ2n) is 3.12. The third-order valence-corrected chi connectivity index (χ3v) is 2.11. The van der Waals surface area contributed by atoms with E-state index in [9.17, 15) is 22.8 Å². The van der Waals surface area contributed by atoms with Gasteiger partial charge in [-0.15, -0.1) is 0 Å². The zero-order chi connectivity index (χ0) is 11.9. The van der Waals surface area contributed by atoms with E-state index in [0.29, 0.717) is 0 Å². The Balaban J connectivity index is 2.68. The van der Waals surface area contributed by atoms with Crippen LogP contribution in [-0.2, 0) is 0 Å². The van der Waals surface area contributed by atoms with E-state index in [1.54, 1.807) is 0 Å². The van der Waals surface area contributed by atoms with Crippen molar-refractivity contribution in [3.8, 4) is 0 Å². The van der Waals surface area contributed by atoms with E-state index in [0.717, 1.165) is 6.20 Å². The van der Waals surface area contributed by atoms with Gasteiger partial charge in [0.15, 0.2) is 0 Å². The van der Waals surface area contributed by atoms with E-state index in [-0.39, 0.29) is 10.9 Å². The highest BCUT2D eigenvalue weighted by Gasteiger charge is 2.40. The fraction of sp³-hybridized carbons (Fsp3) is 0.111. The summed E-state index contributed by atoms with van der Waals surface area (Å²) in [4.78, 5) is 26.8. The molecule has 4 nitrogen and oxygen atoms in total. The Morgan fingerprint density at radius 1 is 1.25 bits per heavy atom. The first kappa shape index (κ1) is 10.5. The van der Waals surface area contributed by atoms with E-state index in [1.807, 2.05) is 0 Å². The second kappa shape index (κ2) is 3.22. The molecule has 2 rings (SSSR count). The third-order valence-electron chi connectivity index (χ3n) is 2.11. The lowest BCUT2D eigenvalue weighted by Crippen LogP contribution is -2.22. The molecule has 2 heterocycles. The van der Waals surface area contributed by atoms with Crippen molar-refractivity contribution < 1.29 is 18.0 Å². The van der Waals surface area contributed by atoms with Gasteiger partial charge < -0.3 is 9.97 Å². The molecule has 0 atom stereocenters. The zero-order valence-corrected chi connectivity index (χ0v) is 7.68. The van der Waals surface area contributed by atoms with E-state index in [1.165, 1.54) is 12.3 Å². The molecule has 84 valence electrons. The van der Waals surface area contributed by atoms with Crippen molar-refractivity contribution >= 4 is 16.7 Å². The molecule has 0 spiro atoms. The highest BCUT2D eigenvalue weighted by Crippen LogP contribution is 2.25. The summed E-state index contributed by atoms with van der Waals surface area (Å²) in [5.74, 6) is -1.97. The lowest BCUT2D eigenvalue weighted by Gasteiger charge is -2.02. The lowest BCUT2D eigenvalue weighted by atomic mass is 10.1. The van der Waals surface area contributed by atoms with Crippen LogP contribution in [0.4, 0.5) is 13.2 Å². The van der Waals surface area contributed by atoms with Crippen LogP contribution in [0.25, 0.3) is 10.9 Å². The van der Waals surface area contributed by atoms with Crippen molar-refractivity contribution in [2.75, 3.05) is 0 Å². The topological polar surface area (TPSA) is 65.7 Å². The van der Waals surface area contributed by atoms with E-state index >= 15 is 0 Å². The monoisotopic (exact) mass is 230 g/mol. The number of hydrogen-bond acceptors (Lipinski definition) is 2. The summed E-state index contributed by atoms with van der Waals surface area (Å²) in [7, 11) is 0. The molecule has 0 aromatic carbocycles. The van der Waals surface area contributed by atoms with Crippen LogP contribution < -0.4 is 5.56 Å². The Kier molecular flexibility index (Phi) is 2.11. The maximum atomic E-state index is 12.2. The number of Topliss-reactive ketones (excluding diaryl/α,β-unsaturated/α-hetero) is 1. The van der Waals surface area contributed by atoms with Crippen LogP contribution in [0, 0.1) is 0 Å². The summed E-state index contributed by atoms with van der Waals surface area (Å²) >= 11 is 0. The number of halogens is 3. The van der Waals surface area contributed by atoms with Gasteiger partial charge in [-0.3, -0.25) is 9.59 Å². The van der Waals surface area contributed by atoms with Gasteiger partial charge in [-0.2, -0.15) is 13.2 Å².